The van der Waals surface area contributed by atoms with Crippen LogP contribution in [0.3, 0.4) is 0 Å². The Morgan fingerprint density at radius 2 is 1.96 bits per heavy atom. The van der Waals surface area contributed by atoms with E-state index in [1.54, 1.807) is 35.6 Å². The van der Waals surface area contributed by atoms with Crippen LogP contribution in [0.25, 0.3) is 0 Å². The van der Waals surface area contributed by atoms with Crippen LogP contribution in [0.15, 0.2) is 29.6 Å². The number of hydrogen-bond donors (Lipinski definition) is 2. The molecule has 1 aromatic carbocycles. The number of aliphatic hydroxyl groups is 2. The average molecular weight is 404 g/mol. The predicted molar refractivity (Wildman–Crippen MR) is 105 cm³/mol. The van der Waals surface area contributed by atoms with Gasteiger partial charge in [0, 0.05) is 18.5 Å². The monoisotopic (exact) mass is 404 g/mol. The number of benzene rings is 1. The lowest BCUT2D eigenvalue weighted by molar-refractivity contribution is -0.0231. The molecule has 8 heteroatoms. The predicted octanol–water partition coefficient (Wildman–Crippen LogP) is 2.08. The SMILES string of the molecule is COC(=O)c1ccc(O[C@@H]2C[C@@H]3CN(c4nc(CO)cs4)C[C@@H]3C[C@H]2O)cc1. The zero-order chi connectivity index (χ0) is 19.7. The lowest BCUT2D eigenvalue weighted by Gasteiger charge is -2.35. The number of carbonyl (C=O) groups is 1. The van der Waals surface area contributed by atoms with Crippen molar-refractivity contribution in [3.8, 4) is 5.75 Å². The molecule has 0 amide bonds. The molecule has 7 nitrogen and oxygen atoms in total. The van der Waals surface area contributed by atoms with Crippen molar-refractivity contribution in [2.24, 2.45) is 11.8 Å². The maximum Gasteiger partial charge on any atom is 0.337 e. The molecule has 1 aliphatic heterocycles. The summed E-state index contributed by atoms with van der Waals surface area (Å²) in [6.07, 6.45) is 0.684. The van der Waals surface area contributed by atoms with E-state index in [2.05, 4.69) is 9.88 Å². The zero-order valence-electron chi connectivity index (χ0n) is 15.7. The third-order valence-corrected chi connectivity index (χ3v) is 6.57. The van der Waals surface area contributed by atoms with Gasteiger partial charge in [0.1, 0.15) is 11.9 Å². The average Bonchev–Trinajstić information content (AvgIpc) is 3.34. The van der Waals surface area contributed by atoms with Crippen molar-refractivity contribution in [2.75, 3.05) is 25.1 Å². The Balaban J connectivity index is 1.39. The minimum Gasteiger partial charge on any atom is -0.488 e. The smallest absolute Gasteiger partial charge is 0.337 e. The lowest BCUT2D eigenvalue weighted by atomic mass is 9.78. The summed E-state index contributed by atoms with van der Waals surface area (Å²) in [6, 6.07) is 6.80. The van der Waals surface area contributed by atoms with E-state index in [1.807, 2.05) is 5.38 Å². The Labute approximate surface area is 167 Å². The Hall–Kier alpha value is -2.16. The third-order valence-electron chi connectivity index (χ3n) is 5.62. The summed E-state index contributed by atoms with van der Waals surface area (Å²) in [4.78, 5) is 18.3. The number of fused-ring (bicyclic) bond motifs is 1. The van der Waals surface area contributed by atoms with E-state index < -0.39 is 6.10 Å². The first-order valence-corrected chi connectivity index (χ1v) is 10.3. The number of methoxy groups -OCH3 is 1. The van der Waals surface area contributed by atoms with E-state index in [4.69, 9.17) is 9.47 Å². The van der Waals surface area contributed by atoms with Crippen LogP contribution in [0.2, 0.25) is 0 Å². The molecule has 1 aliphatic carbocycles. The van der Waals surface area contributed by atoms with Crippen molar-refractivity contribution in [2.45, 2.75) is 31.7 Å². The van der Waals surface area contributed by atoms with Crippen molar-refractivity contribution in [1.82, 2.24) is 4.98 Å². The van der Waals surface area contributed by atoms with Gasteiger partial charge >= 0.3 is 5.97 Å². The van der Waals surface area contributed by atoms with E-state index in [-0.39, 0.29) is 18.7 Å². The van der Waals surface area contributed by atoms with E-state index in [0.29, 0.717) is 35.3 Å². The molecular formula is C20H24N2O5S. The van der Waals surface area contributed by atoms with Gasteiger partial charge in [0.2, 0.25) is 0 Å². The van der Waals surface area contributed by atoms with Crippen LogP contribution < -0.4 is 9.64 Å². The van der Waals surface area contributed by atoms with Crippen LogP contribution in [-0.4, -0.2) is 53.6 Å². The molecule has 2 fully saturated rings. The summed E-state index contributed by atoms with van der Waals surface area (Å²) in [6.45, 7) is 1.72. The maximum atomic E-state index is 11.5. The summed E-state index contributed by atoms with van der Waals surface area (Å²) in [5, 5.41) is 22.6. The molecule has 4 rings (SSSR count). The second-order valence-corrected chi connectivity index (χ2v) is 8.25. The number of thiazole rings is 1. The minimum absolute atomic E-state index is 0.0411. The number of aromatic nitrogens is 1. The van der Waals surface area contributed by atoms with Crippen LogP contribution in [-0.2, 0) is 11.3 Å². The number of aliphatic hydroxyl groups excluding tert-OH is 2. The summed E-state index contributed by atoms with van der Waals surface area (Å²) in [5.74, 6) is 1.10. The Kier molecular flexibility index (Phi) is 5.52. The van der Waals surface area contributed by atoms with Crippen LogP contribution in [0.5, 0.6) is 5.75 Å². The lowest BCUT2D eigenvalue weighted by Crippen LogP contribution is -2.42. The second-order valence-electron chi connectivity index (χ2n) is 7.42. The fraction of sp³-hybridized carbons (Fsp3) is 0.500. The number of anilines is 1. The topological polar surface area (TPSA) is 92.1 Å². The quantitative estimate of drug-likeness (QED) is 0.737. The van der Waals surface area contributed by atoms with Crippen molar-refractivity contribution < 1.29 is 24.5 Å². The summed E-state index contributed by atoms with van der Waals surface area (Å²) in [7, 11) is 1.35. The molecular weight excluding hydrogens is 380 g/mol. The number of hydrogen-bond acceptors (Lipinski definition) is 8. The molecule has 150 valence electrons. The van der Waals surface area contributed by atoms with Gasteiger partial charge in [0.15, 0.2) is 5.13 Å². The van der Waals surface area contributed by atoms with Crippen molar-refractivity contribution >= 4 is 22.4 Å². The van der Waals surface area contributed by atoms with Crippen molar-refractivity contribution in [3.05, 3.63) is 40.9 Å². The molecule has 2 aromatic rings. The highest BCUT2D eigenvalue weighted by atomic mass is 32.1. The fourth-order valence-corrected chi connectivity index (χ4v) is 4.99. The Bertz CT molecular complexity index is 824. The highest BCUT2D eigenvalue weighted by Crippen LogP contribution is 2.40. The molecule has 1 aromatic heterocycles. The molecule has 2 aliphatic rings. The summed E-state index contributed by atoms with van der Waals surface area (Å²) in [5.41, 5.74) is 1.17. The van der Waals surface area contributed by atoms with Gasteiger partial charge in [0.05, 0.1) is 31.1 Å². The van der Waals surface area contributed by atoms with Crippen LogP contribution in [0.1, 0.15) is 28.9 Å². The molecule has 2 heterocycles. The highest BCUT2D eigenvalue weighted by Gasteiger charge is 2.43. The molecule has 0 radical (unpaired) electrons. The van der Waals surface area contributed by atoms with Gasteiger partial charge in [-0.2, -0.15) is 0 Å². The van der Waals surface area contributed by atoms with Gasteiger partial charge in [-0.1, -0.05) is 0 Å². The third kappa shape index (κ3) is 3.85. The number of esters is 1. The van der Waals surface area contributed by atoms with Gasteiger partial charge in [-0.05, 0) is 48.9 Å². The summed E-state index contributed by atoms with van der Waals surface area (Å²) >= 11 is 1.55. The largest absolute Gasteiger partial charge is 0.488 e. The van der Waals surface area contributed by atoms with Crippen LogP contribution in [0, 0.1) is 11.8 Å². The Morgan fingerprint density at radius 3 is 2.61 bits per heavy atom. The van der Waals surface area contributed by atoms with Gasteiger partial charge in [-0.3, -0.25) is 0 Å². The van der Waals surface area contributed by atoms with E-state index in [0.717, 1.165) is 24.6 Å². The number of ether oxygens (including phenoxy) is 2. The van der Waals surface area contributed by atoms with Crippen molar-refractivity contribution in [3.63, 3.8) is 0 Å². The molecule has 1 saturated carbocycles. The first-order chi connectivity index (χ1) is 13.6. The Morgan fingerprint density at radius 1 is 1.25 bits per heavy atom. The summed E-state index contributed by atoms with van der Waals surface area (Å²) < 4.78 is 10.7. The van der Waals surface area contributed by atoms with Gasteiger partial charge in [0.25, 0.3) is 0 Å². The van der Waals surface area contributed by atoms with Crippen LogP contribution >= 0.6 is 11.3 Å². The van der Waals surface area contributed by atoms with Gasteiger partial charge in [-0.15, -0.1) is 11.3 Å². The van der Waals surface area contributed by atoms with E-state index in [9.17, 15) is 15.0 Å². The molecule has 0 unspecified atom stereocenters. The normalized spacial score (nSPS) is 26.8. The first kappa shape index (κ1) is 19.2. The molecule has 0 spiro atoms. The van der Waals surface area contributed by atoms with Crippen LogP contribution in [0.4, 0.5) is 5.13 Å². The molecule has 0 bridgehead atoms. The number of nitrogens with zero attached hydrogens (tertiary/aromatic N) is 2. The number of rotatable bonds is 5. The zero-order valence-corrected chi connectivity index (χ0v) is 16.5. The van der Waals surface area contributed by atoms with E-state index >= 15 is 0 Å². The first-order valence-electron chi connectivity index (χ1n) is 9.40. The maximum absolute atomic E-state index is 11.5. The van der Waals surface area contributed by atoms with E-state index in [1.165, 1.54) is 7.11 Å². The second kappa shape index (κ2) is 8.06. The molecule has 2 N–H and O–H groups in total. The van der Waals surface area contributed by atoms with Crippen molar-refractivity contribution in [1.29, 1.82) is 0 Å². The number of carbonyl (C=O) groups excluding carboxylic acids is 1. The standard InChI is InChI=1S/C20H24N2O5S/c1-26-19(25)12-2-4-16(5-3-12)27-18-7-14-9-22(8-13(14)6-17(18)24)20-21-15(10-23)11-28-20/h2-5,11,13-14,17-18,23-24H,6-10H2,1H3/t13-,14+,17+,18+/m0/s1. The minimum atomic E-state index is -0.522. The highest BCUT2D eigenvalue weighted by molar-refractivity contribution is 7.13. The van der Waals surface area contributed by atoms with Gasteiger partial charge in [-0.25, -0.2) is 9.78 Å². The molecule has 1 saturated heterocycles. The molecule has 4 atom stereocenters. The van der Waals surface area contributed by atoms with Gasteiger partial charge < -0.3 is 24.6 Å². The molecule has 28 heavy (non-hydrogen) atoms. The fourth-order valence-electron chi connectivity index (χ4n) is 4.15.